The number of benzene rings is 2. The zero-order valence-electron chi connectivity index (χ0n) is 12.3. The third kappa shape index (κ3) is 3.12. The molecule has 2 aromatic carbocycles. The van der Waals surface area contributed by atoms with Gasteiger partial charge in [-0.3, -0.25) is 0 Å². The van der Waals surface area contributed by atoms with Crippen molar-refractivity contribution in [2.45, 2.75) is 12.8 Å². The van der Waals surface area contributed by atoms with Gasteiger partial charge in [-0.25, -0.2) is 9.18 Å². The van der Waals surface area contributed by atoms with Crippen molar-refractivity contribution >= 4 is 27.6 Å². The van der Waals surface area contributed by atoms with Gasteiger partial charge in [-0.1, -0.05) is 27.2 Å². The quantitative estimate of drug-likeness (QED) is 0.597. The number of carbonyl (C=O) groups excluding carboxylic acids is 1. The lowest BCUT2D eigenvalue weighted by Gasteiger charge is -2.09. The Hall–Kier alpha value is -2.21. The fourth-order valence-electron chi connectivity index (χ4n) is 2.56. The number of oxime groups is 1. The number of halogens is 2. The van der Waals surface area contributed by atoms with Gasteiger partial charge < -0.3 is 9.57 Å². The number of hydrogen-bond donors (Lipinski definition) is 0. The van der Waals surface area contributed by atoms with Crippen molar-refractivity contribution in [3.63, 3.8) is 0 Å². The van der Waals surface area contributed by atoms with E-state index < -0.39 is 11.8 Å². The predicted molar refractivity (Wildman–Crippen MR) is 87.4 cm³/mol. The minimum atomic E-state index is -0.695. The van der Waals surface area contributed by atoms with Crippen LogP contribution in [0.1, 0.15) is 27.9 Å². The summed E-state index contributed by atoms with van der Waals surface area (Å²) >= 11 is 3.50. The van der Waals surface area contributed by atoms with Gasteiger partial charge in [0.05, 0.1) is 18.4 Å². The Bertz CT molecular complexity index is 804. The zero-order valence-corrected chi connectivity index (χ0v) is 13.9. The Kier molecular flexibility index (Phi) is 4.43. The number of nitrogens with zero attached hydrogens (tertiary/aromatic N) is 1. The topological polar surface area (TPSA) is 47.9 Å². The number of fused-ring (bicyclic) bond motifs is 1. The maximum atomic E-state index is 13.1. The minimum Gasteiger partial charge on any atom is -0.496 e. The first kappa shape index (κ1) is 15.7. The van der Waals surface area contributed by atoms with E-state index in [2.05, 4.69) is 21.1 Å². The van der Waals surface area contributed by atoms with Gasteiger partial charge in [0, 0.05) is 10.0 Å². The first-order valence-corrected chi connectivity index (χ1v) is 7.79. The average molecular weight is 378 g/mol. The molecule has 0 saturated carbocycles. The summed E-state index contributed by atoms with van der Waals surface area (Å²) in [6, 6.07) is 9.05. The number of rotatable bonds is 3. The van der Waals surface area contributed by atoms with Crippen molar-refractivity contribution in [2.24, 2.45) is 5.16 Å². The Morgan fingerprint density at radius 2 is 2.09 bits per heavy atom. The summed E-state index contributed by atoms with van der Waals surface area (Å²) in [5, 5.41) is 3.96. The molecule has 0 aromatic heterocycles. The molecule has 1 aliphatic rings. The molecule has 1 aliphatic carbocycles. The Morgan fingerprint density at radius 3 is 2.83 bits per heavy atom. The Balaban J connectivity index is 1.87. The molecule has 0 unspecified atom stereocenters. The highest BCUT2D eigenvalue weighted by atomic mass is 79.9. The lowest BCUT2D eigenvalue weighted by Crippen LogP contribution is -2.05. The summed E-state index contributed by atoms with van der Waals surface area (Å²) in [5.41, 5.74) is 2.68. The van der Waals surface area contributed by atoms with Gasteiger partial charge in [0.15, 0.2) is 0 Å². The summed E-state index contributed by atoms with van der Waals surface area (Å²) in [5.74, 6) is -0.510. The normalized spacial score (nSPS) is 14.7. The third-order valence-corrected chi connectivity index (χ3v) is 4.38. The van der Waals surface area contributed by atoms with E-state index in [1.165, 1.54) is 18.2 Å². The van der Waals surface area contributed by atoms with Crippen LogP contribution in [-0.4, -0.2) is 18.8 Å². The van der Waals surface area contributed by atoms with E-state index in [-0.39, 0.29) is 5.56 Å². The molecule has 4 nitrogen and oxygen atoms in total. The average Bonchev–Trinajstić information content (AvgIpc) is 2.98. The SMILES string of the molecule is COc1ccc(Br)c2c1C(=NOC(=O)c1cccc(F)c1)CC2. The maximum absolute atomic E-state index is 13.1. The van der Waals surface area contributed by atoms with E-state index >= 15 is 0 Å². The van der Waals surface area contributed by atoms with Crippen LogP contribution >= 0.6 is 15.9 Å². The Labute approximate surface area is 141 Å². The molecule has 0 N–H and O–H groups in total. The van der Waals surface area contributed by atoms with Crippen LogP contribution in [-0.2, 0) is 11.3 Å². The van der Waals surface area contributed by atoms with Crippen molar-refractivity contribution < 1.29 is 18.8 Å². The molecule has 0 bridgehead atoms. The van der Waals surface area contributed by atoms with E-state index in [1.54, 1.807) is 7.11 Å². The van der Waals surface area contributed by atoms with E-state index in [0.29, 0.717) is 17.9 Å². The molecule has 3 rings (SSSR count). The minimum absolute atomic E-state index is 0.119. The molecule has 23 heavy (non-hydrogen) atoms. The highest BCUT2D eigenvalue weighted by molar-refractivity contribution is 9.10. The first-order valence-electron chi connectivity index (χ1n) is 6.99. The number of methoxy groups -OCH3 is 1. The van der Waals surface area contributed by atoms with Crippen LogP contribution in [0.3, 0.4) is 0 Å². The van der Waals surface area contributed by atoms with Crippen LogP contribution in [0.15, 0.2) is 46.0 Å². The van der Waals surface area contributed by atoms with Crippen LogP contribution < -0.4 is 4.74 Å². The molecule has 118 valence electrons. The fourth-order valence-corrected chi connectivity index (χ4v) is 3.08. The first-order chi connectivity index (χ1) is 11.1. The number of ether oxygens (including phenoxy) is 1. The van der Waals surface area contributed by atoms with Crippen molar-refractivity contribution in [1.29, 1.82) is 0 Å². The van der Waals surface area contributed by atoms with Gasteiger partial charge in [0.1, 0.15) is 11.6 Å². The van der Waals surface area contributed by atoms with Gasteiger partial charge in [0.2, 0.25) is 0 Å². The molecule has 0 aliphatic heterocycles. The van der Waals surface area contributed by atoms with E-state index in [4.69, 9.17) is 9.57 Å². The Morgan fingerprint density at radius 1 is 1.26 bits per heavy atom. The second-order valence-electron chi connectivity index (χ2n) is 5.03. The molecule has 0 atom stereocenters. The van der Waals surface area contributed by atoms with Crippen molar-refractivity contribution in [3.8, 4) is 5.75 Å². The van der Waals surface area contributed by atoms with E-state index in [1.807, 2.05) is 12.1 Å². The van der Waals surface area contributed by atoms with E-state index in [9.17, 15) is 9.18 Å². The molecule has 0 spiro atoms. The second-order valence-corrected chi connectivity index (χ2v) is 5.88. The van der Waals surface area contributed by atoms with Crippen molar-refractivity contribution in [2.75, 3.05) is 7.11 Å². The van der Waals surface area contributed by atoms with Crippen LogP contribution in [0.2, 0.25) is 0 Å². The van der Waals surface area contributed by atoms with Gasteiger partial charge in [0.25, 0.3) is 0 Å². The summed E-state index contributed by atoms with van der Waals surface area (Å²) < 4.78 is 19.5. The summed E-state index contributed by atoms with van der Waals surface area (Å²) in [4.78, 5) is 16.9. The molecule has 0 fully saturated rings. The van der Waals surface area contributed by atoms with Crippen LogP contribution in [0.25, 0.3) is 0 Å². The predicted octanol–water partition coefficient (Wildman–Crippen LogP) is 4.10. The molecule has 0 amide bonds. The monoisotopic (exact) mass is 377 g/mol. The highest BCUT2D eigenvalue weighted by Gasteiger charge is 2.25. The third-order valence-electron chi connectivity index (χ3n) is 3.64. The summed E-state index contributed by atoms with van der Waals surface area (Å²) in [6.07, 6.45) is 1.42. The van der Waals surface area contributed by atoms with Crippen LogP contribution in [0.5, 0.6) is 5.75 Å². The number of carbonyl (C=O) groups is 1. The summed E-state index contributed by atoms with van der Waals surface area (Å²) in [7, 11) is 1.58. The second kappa shape index (κ2) is 6.50. The smallest absolute Gasteiger partial charge is 0.365 e. The molecule has 0 saturated heterocycles. The zero-order chi connectivity index (χ0) is 16.4. The molecular weight excluding hydrogens is 365 g/mol. The summed E-state index contributed by atoms with van der Waals surface area (Å²) in [6.45, 7) is 0. The highest BCUT2D eigenvalue weighted by Crippen LogP contribution is 2.36. The molecule has 2 aromatic rings. The van der Waals surface area contributed by atoms with Gasteiger partial charge in [-0.05, 0) is 48.7 Å². The van der Waals surface area contributed by atoms with Crippen LogP contribution in [0, 0.1) is 5.82 Å². The standard InChI is InChI=1S/C17H13BrFNO3/c1-22-15-8-6-13(18)12-5-7-14(16(12)15)20-23-17(21)10-3-2-4-11(19)9-10/h2-4,6,8-9H,5,7H2,1H3. The fraction of sp³-hybridized carbons (Fsp3) is 0.176. The van der Waals surface area contributed by atoms with Crippen molar-refractivity contribution in [1.82, 2.24) is 0 Å². The number of hydrogen-bond acceptors (Lipinski definition) is 4. The molecular formula is C17H13BrFNO3. The lowest BCUT2D eigenvalue weighted by molar-refractivity contribution is 0.0515. The van der Waals surface area contributed by atoms with Gasteiger partial charge >= 0.3 is 5.97 Å². The maximum Gasteiger partial charge on any atom is 0.365 e. The van der Waals surface area contributed by atoms with E-state index in [0.717, 1.165) is 28.1 Å². The van der Waals surface area contributed by atoms with Crippen molar-refractivity contribution in [3.05, 3.63) is 63.4 Å². The molecule has 6 heteroatoms. The molecule has 0 radical (unpaired) electrons. The molecule has 0 heterocycles. The van der Waals surface area contributed by atoms with Gasteiger partial charge in [-0.15, -0.1) is 0 Å². The largest absolute Gasteiger partial charge is 0.496 e. The van der Waals surface area contributed by atoms with Gasteiger partial charge in [-0.2, -0.15) is 0 Å². The lowest BCUT2D eigenvalue weighted by atomic mass is 10.1. The van der Waals surface area contributed by atoms with Crippen LogP contribution in [0.4, 0.5) is 4.39 Å².